The van der Waals surface area contributed by atoms with E-state index in [-0.39, 0.29) is 11.5 Å². The van der Waals surface area contributed by atoms with Gasteiger partial charge in [0.15, 0.2) is 0 Å². The second kappa shape index (κ2) is 5.47. The van der Waals surface area contributed by atoms with E-state index >= 15 is 0 Å². The van der Waals surface area contributed by atoms with Gasteiger partial charge in [0.1, 0.15) is 23.1 Å². The molecule has 0 spiro atoms. The van der Waals surface area contributed by atoms with Crippen LogP contribution < -0.4 is 10.5 Å². The minimum atomic E-state index is -3.62. The van der Waals surface area contributed by atoms with Gasteiger partial charge in [0.2, 0.25) is 5.88 Å². The Bertz CT molecular complexity index is 660. The largest absolute Gasteiger partial charge is 0.440 e. The van der Waals surface area contributed by atoms with Crippen LogP contribution in [-0.2, 0) is 13.6 Å². The number of benzene rings is 1. The molecule has 2 N–H and O–H groups in total. The number of allylic oxidation sites excluding steroid dienone is 1. The van der Waals surface area contributed by atoms with E-state index in [1.54, 1.807) is 18.2 Å². The number of ether oxygens (including phenoxy) is 1. The number of nitrogens with two attached hydrogens (primary N) is 1. The van der Waals surface area contributed by atoms with Gasteiger partial charge < -0.3 is 19.5 Å². The first kappa shape index (κ1) is 14.9. The Balaban J connectivity index is 2.72. The minimum absolute atomic E-state index is 0.00759. The van der Waals surface area contributed by atoms with E-state index in [4.69, 9.17) is 31.1 Å². The number of nitrogens with zero attached hydrogens (tertiary/aromatic N) is 1. The Kier molecular flexibility index (Phi) is 4.07. The summed E-state index contributed by atoms with van der Waals surface area (Å²) in [5.41, 5.74) is 5.17. The predicted octanol–water partition coefficient (Wildman–Crippen LogP) is 2.95. The molecule has 0 saturated heterocycles. The fraction of sp³-hybridized carbons (Fsp3) is 0.250. The maximum atomic E-state index is 12.7. The Morgan fingerprint density at radius 1 is 1.45 bits per heavy atom. The average molecular weight is 315 g/mol. The third-order valence-electron chi connectivity index (χ3n) is 2.97. The second-order valence-electron chi connectivity index (χ2n) is 3.98. The van der Waals surface area contributed by atoms with Crippen molar-refractivity contribution in [3.05, 3.63) is 40.2 Å². The Morgan fingerprint density at radius 3 is 2.65 bits per heavy atom. The number of halogens is 1. The minimum Gasteiger partial charge on any atom is -0.440 e. The third-order valence-corrected chi connectivity index (χ3v) is 5.39. The molecule has 2 rings (SSSR count). The van der Waals surface area contributed by atoms with Gasteiger partial charge in [0.05, 0.1) is 0 Å². The maximum Gasteiger partial charge on any atom is 0.343 e. The zero-order chi connectivity index (χ0) is 14.9. The van der Waals surface area contributed by atoms with Crippen molar-refractivity contribution < 1.29 is 18.3 Å². The molecule has 1 atom stereocenters. The summed E-state index contributed by atoms with van der Waals surface area (Å²) < 4.78 is 28.1. The molecule has 1 aromatic carbocycles. The van der Waals surface area contributed by atoms with E-state index in [0.717, 1.165) is 0 Å². The number of nitriles is 1. The highest BCUT2D eigenvalue weighted by Gasteiger charge is 2.44. The molecule has 0 radical (unpaired) electrons. The molecule has 0 aliphatic carbocycles. The molecule has 1 heterocycles. The molecule has 1 aromatic rings. The molecular formula is C12H12ClN2O4P. The first-order valence-corrected chi connectivity index (χ1v) is 7.54. The molecule has 20 heavy (non-hydrogen) atoms. The number of fused-ring (bicyclic) bond motifs is 1. The first-order valence-electron chi connectivity index (χ1n) is 5.55. The van der Waals surface area contributed by atoms with Crippen molar-refractivity contribution in [2.45, 2.75) is 5.66 Å². The molecule has 0 fully saturated rings. The van der Waals surface area contributed by atoms with Gasteiger partial charge in [-0.15, -0.1) is 0 Å². The summed E-state index contributed by atoms with van der Waals surface area (Å²) in [5.74, 6) is 0.242. The first-order chi connectivity index (χ1) is 9.46. The highest BCUT2D eigenvalue weighted by atomic mass is 35.5. The van der Waals surface area contributed by atoms with Gasteiger partial charge in [0.25, 0.3) is 0 Å². The maximum absolute atomic E-state index is 12.7. The lowest BCUT2D eigenvalue weighted by atomic mass is 10.0. The zero-order valence-electron chi connectivity index (χ0n) is 10.8. The van der Waals surface area contributed by atoms with Crippen LogP contribution in [0.1, 0.15) is 11.2 Å². The quantitative estimate of drug-likeness (QED) is 0.862. The fourth-order valence-electron chi connectivity index (χ4n) is 2.02. The number of hydrogen-bond donors (Lipinski definition) is 1. The van der Waals surface area contributed by atoms with Gasteiger partial charge in [-0.25, -0.2) is 0 Å². The summed E-state index contributed by atoms with van der Waals surface area (Å²) >= 11 is 5.95. The monoisotopic (exact) mass is 314 g/mol. The molecule has 1 aliphatic heterocycles. The van der Waals surface area contributed by atoms with E-state index in [1.807, 2.05) is 6.07 Å². The fourth-order valence-corrected chi connectivity index (χ4v) is 3.81. The van der Waals surface area contributed by atoms with E-state index < -0.39 is 13.3 Å². The smallest absolute Gasteiger partial charge is 0.343 e. The van der Waals surface area contributed by atoms with Crippen molar-refractivity contribution in [1.82, 2.24) is 0 Å². The molecule has 0 amide bonds. The SMILES string of the molecule is COP(=O)(OC)C1C(C#N)=C(N)Oc2ccc(Cl)cc21. The molecule has 0 bridgehead atoms. The van der Waals surface area contributed by atoms with E-state index in [9.17, 15) is 9.83 Å². The van der Waals surface area contributed by atoms with Gasteiger partial charge in [-0.2, -0.15) is 5.26 Å². The summed E-state index contributed by atoms with van der Waals surface area (Å²) in [6, 6.07) is 6.63. The molecule has 1 aliphatic rings. The molecule has 6 nitrogen and oxygen atoms in total. The second-order valence-corrected chi connectivity index (χ2v) is 6.74. The molecular weight excluding hydrogens is 303 g/mol. The Hall–Kier alpha value is -1.51. The van der Waals surface area contributed by atoms with Crippen molar-refractivity contribution >= 4 is 19.2 Å². The standard InChI is InChI=1S/C12H12ClN2O4P/c1-17-20(16,18-2)11-8-5-7(13)3-4-10(8)19-12(15)9(11)6-14/h3-5,11H,15H2,1-2H3. The lowest BCUT2D eigenvalue weighted by molar-refractivity contribution is 0.266. The predicted molar refractivity (Wildman–Crippen MR) is 73.3 cm³/mol. The van der Waals surface area contributed by atoms with Gasteiger partial charge in [-0.3, -0.25) is 4.57 Å². The molecule has 106 valence electrons. The van der Waals surface area contributed by atoms with Crippen LogP contribution in [0.5, 0.6) is 5.75 Å². The highest BCUT2D eigenvalue weighted by molar-refractivity contribution is 7.54. The highest BCUT2D eigenvalue weighted by Crippen LogP contribution is 2.65. The van der Waals surface area contributed by atoms with Crippen molar-refractivity contribution in [2.24, 2.45) is 5.73 Å². The summed E-state index contributed by atoms with van der Waals surface area (Å²) in [6.07, 6.45) is 0. The van der Waals surface area contributed by atoms with Crippen LogP contribution in [0.25, 0.3) is 0 Å². The zero-order valence-corrected chi connectivity index (χ0v) is 12.4. The lowest BCUT2D eigenvalue weighted by Crippen LogP contribution is -2.21. The third kappa shape index (κ3) is 2.30. The van der Waals surface area contributed by atoms with E-state index in [2.05, 4.69) is 0 Å². The number of hydrogen-bond acceptors (Lipinski definition) is 6. The van der Waals surface area contributed by atoms with Crippen LogP contribution in [0.4, 0.5) is 0 Å². The summed E-state index contributed by atoms with van der Waals surface area (Å²) in [7, 11) is -1.13. The molecule has 8 heteroatoms. The van der Waals surface area contributed by atoms with Crippen molar-refractivity contribution in [3.63, 3.8) is 0 Å². The van der Waals surface area contributed by atoms with Crippen LogP contribution in [0.15, 0.2) is 29.7 Å². The van der Waals surface area contributed by atoms with Crippen LogP contribution in [-0.4, -0.2) is 14.2 Å². The van der Waals surface area contributed by atoms with Gasteiger partial charge in [-0.05, 0) is 18.2 Å². The van der Waals surface area contributed by atoms with Gasteiger partial charge >= 0.3 is 7.60 Å². The van der Waals surface area contributed by atoms with Gasteiger partial charge in [-0.1, -0.05) is 11.6 Å². The van der Waals surface area contributed by atoms with Crippen LogP contribution in [0.2, 0.25) is 5.02 Å². The van der Waals surface area contributed by atoms with Crippen LogP contribution in [0, 0.1) is 11.3 Å². The topological polar surface area (TPSA) is 94.6 Å². The summed E-state index contributed by atoms with van der Waals surface area (Å²) in [4.78, 5) is 0. The summed E-state index contributed by atoms with van der Waals surface area (Å²) in [5, 5.41) is 9.66. The Labute approximate surface area is 121 Å². The molecule has 0 saturated carbocycles. The lowest BCUT2D eigenvalue weighted by Gasteiger charge is -2.29. The molecule has 0 aromatic heterocycles. The number of rotatable bonds is 3. The van der Waals surface area contributed by atoms with Crippen LogP contribution in [0.3, 0.4) is 0 Å². The van der Waals surface area contributed by atoms with Crippen molar-refractivity contribution in [1.29, 1.82) is 5.26 Å². The van der Waals surface area contributed by atoms with E-state index in [1.165, 1.54) is 14.2 Å². The molecule has 1 unspecified atom stereocenters. The van der Waals surface area contributed by atoms with Crippen molar-refractivity contribution in [3.8, 4) is 11.8 Å². The normalized spacial score (nSPS) is 18.2. The van der Waals surface area contributed by atoms with Crippen LogP contribution >= 0.6 is 19.2 Å². The Morgan fingerprint density at radius 2 is 2.10 bits per heavy atom. The average Bonchev–Trinajstić information content (AvgIpc) is 2.45. The van der Waals surface area contributed by atoms with Gasteiger partial charge in [0, 0.05) is 24.8 Å². The van der Waals surface area contributed by atoms with E-state index in [0.29, 0.717) is 16.3 Å². The summed E-state index contributed by atoms with van der Waals surface area (Å²) in [6.45, 7) is 0. The van der Waals surface area contributed by atoms with Crippen molar-refractivity contribution in [2.75, 3.05) is 14.2 Å².